The molecule has 0 fully saturated rings. The van der Waals surface area contributed by atoms with Crippen LogP contribution in [0.5, 0.6) is 0 Å². The number of hydrogen-bond donors (Lipinski definition) is 1. The fourth-order valence-corrected chi connectivity index (χ4v) is 2.46. The first-order valence-electron chi connectivity index (χ1n) is 5.74. The molecule has 3 nitrogen and oxygen atoms in total. The van der Waals surface area contributed by atoms with Gasteiger partial charge in [-0.25, -0.2) is 13.2 Å². The molecule has 0 saturated carbocycles. The Kier molecular flexibility index (Phi) is 4.16. The first-order chi connectivity index (χ1) is 9.02. The molecule has 1 N–H and O–H groups in total. The van der Waals surface area contributed by atoms with Crippen molar-refractivity contribution in [1.82, 2.24) is 15.5 Å². The van der Waals surface area contributed by atoms with Crippen LogP contribution in [0, 0.1) is 17.5 Å². The van der Waals surface area contributed by atoms with E-state index in [0.29, 0.717) is 10.0 Å². The Morgan fingerprint density at radius 2 is 1.84 bits per heavy atom. The zero-order valence-electron chi connectivity index (χ0n) is 10.4. The highest BCUT2D eigenvalue weighted by Gasteiger charge is 2.16. The second-order valence-corrected chi connectivity index (χ2v) is 4.99. The number of nitrogens with one attached hydrogen (secondary N) is 1. The highest BCUT2D eigenvalue weighted by Crippen LogP contribution is 2.28. The van der Waals surface area contributed by atoms with Crippen LogP contribution in [0.1, 0.15) is 24.9 Å². The lowest BCUT2D eigenvalue weighted by Crippen LogP contribution is -2.17. The predicted octanol–water partition coefficient (Wildman–Crippen LogP) is 3.29. The molecule has 0 aliphatic carbocycles. The summed E-state index contributed by atoms with van der Waals surface area (Å²) in [6.45, 7) is 4.65. The van der Waals surface area contributed by atoms with E-state index in [1.165, 1.54) is 11.3 Å². The highest BCUT2D eigenvalue weighted by atomic mass is 32.1. The van der Waals surface area contributed by atoms with Crippen molar-refractivity contribution in [1.29, 1.82) is 0 Å². The molecule has 1 aromatic carbocycles. The minimum absolute atomic E-state index is 0.00592. The van der Waals surface area contributed by atoms with E-state index >= 15 is 0 Å². The van der Waals surface area contributed by atoms with Crippen molar-refractivity contribution in [3.8, 4) is 10.6 Å². The van der Waals surface area contributed by atoms with Gasteiger partial charge in [0.2, 0.25) is 0 Å². The molecule has 0 aliphatic rings. The molecule has 0 saturated heterocycles. The van der Waals surface area contributed by atoms with E-state index in [1.54, 1.807) is 0 Å². The zero-order valence-corrected chi connectivity index (χ0v) is 11.2. The van der Waals surface area contributed by atoms with Gasteiger partial charge in [0.05, 0.1) is 6.04 Å². The standard InChI is InChI=1S/C12H12F3N3S/c1-3-16-6(2)11-17-18-12(19-11)7-4-8(13)10(15)9(14)5-7/h4-6,16H,3H2,1-2H3. The Hall–Kier alpha value is -1.47. The minimum Gasteiger partial charge on any atom is -0.308 e. The average Bonchev–Trinajstić information content (AvgIpc) is 2.85. The fourth-order valence-electron chi connectivity index (χ4n) is 1.60. The van der Waals surface area contributed by atoms with Crippen LogP contribution in [-0.2, 0) is 0 Å². The molecule has 0 radical (unpaired) electrons. The van der Waals surface area contributed by atoms with E-state index in [4.69, 9.17) is 0 Å². The number of aromatic nitrogens is 2. The van der Waals surface area contributed by atoms with Crippen LogP contribution in [0.25, 0.3) is 10.6 Å². The Labute approximate surface area is 112 Å². The van der Waals surface area contributed by atoms with Crippen molar-refractivity contribution in [2.24, 2.45) is 0 Å². The van der Waals surface area contributed by atoms with E-state index in [-0.39, 0.29) is 11.6 Å². The molecule has 2 rings (SSSR count). The van der Waals surface area contributed by atoms with Crippen LogP contribution in [0.15, 0.2) is 12.1 Å². The lowest BCUT2D eigenvalue weighted by molar-refractivity contribution is 0.447. The zero-order chi connectivity index (χ0) is 14.0. The van der Waals surface area contributed by atoms with Crippen LogP contribution in [-0.4, -0.2) is 16.7 Å². The summed E-state index contributed by atoms with van der Waals surface area (Å²) in [6, 6.07) is 1.84. The van der Waals surface area contributed by atoms with Crippen molar-refractivity contribution in [2.45, 2.75) is 19.9 Å². The number of benzene rings is 1. The molecule has 1 aromatic heterocycles. The maximum absolute atomic E-state index is 13.1. The quantitative estimate of drug-likeness (QED) is 0.877. The molecular weight excluding hydrogens is 275 g/mol. The lowest BCUT2D eigenvalue weighted by atomic mass is 10.2. The van der Waals surface area contributed by atoms with Gasteiger partial charge in [-0.1, -0.05) is 18.3 Å². The van der Waals surface area contributed by atoms with Gasteiger partial charge < -0.3 is 5.32 Å². The van der Waals surface area contributed by atoms with Crippen LogP contribution < -0.4 is 5.32 Å². The van der Waals surface area contributed by atoms with Gasteiger partial charge >= 0.3 is 0 Å². The second-order valence-electron chi connectivity index (χ2n) is 3.98. The summed E-state index contributed by atoms with van der Waals surface area (Å²) in [4.78, 5) is 0. The maximum atomic E-state index is 13.1. The Balaban J connectivity index is 2.33. The molecular formula is C12H12F3N3S. The number of rotatable bonds is 4. The Morgan fingerprint density at radius 3 is 2.42 bits per heavy atom. The summed E-state index contributed by atoms with van der Waals surface area (Å²) in [7, 11) is 0. The third-order valence-corrected chi connectivity index (χ3v) is 3.71. The fraction of sp³-hybridized carbons (Fsp3) is 0.333. The van der Waals surface area contributed by atoms with Gasteiger partial charge in [0.25, 0.3) is 0 Å². The van der Waals surface area contributed by atoms with Crippen LogP contribution in [0.3, 0.4) is 0 Å². The van der Waals surface area contributed by atoms with Gasteiger partial charge in [0.15, 0.2) is 17.5 Å². The van der Waals surface area contributed by atoms with Crippen molar-refractivity contribution in [2.75, 3.05) is 6.54 Å². The van der Waals surface area contributed by atoms with E-state index in [2.05, 4.69) is 15.5 Å². The van der Waals surface area contributed by atoms with Crippen molar-refractivity contribution >= 4 is 11.3 Å². The van der Waals surface area contributed by atoms with E-state index in [1.807, 2.05) is 13.8 Å². The topological polar surface area (TPSA) is 37.8 Å². The smallest absolute Gasteiger partial charge is 0.194 e. The van der Waals surface area contributed by atoms with Crippen molar-refractivity contribution < 1.29 is 13.2 Å². The molecule has 1 atom stereocenters. The molecule has 1 unspecified atom stereocenters. The summed E-state index contributed by atoms with van der Waals surface area (Å²) in [5.74, 6) is -3.94. The molecule has 0 amide bonds. The summed E-state index contributed by atoms with van der Waals surface area (Å²) in [6.07, 6.45) is 0. The molecule has 0 spiro atoms. The van der Waals surface area contributed by atoms with Gasteiger partial charge in [0, 0.05) is 5.56 Å². The van der Waals surface area contributed by atoms with Gasteiger partial charge in [0.1, 0.15) is 10.0 Å². The highest BCUT2D eigenvalue weighted by molar-refractivity contribution is 7.14. The number of hydrogen-bond acceptors (Lipinski definition) is 4. The third-order valence-electron chi connectivity index (χ3n) is 2.55. The second kappa shape index (κ2) is 5.66. The molecule has 0 aliphatic heterocycles. The summed E-state index contributed by atoms with van der Waals surface area (Å²) >= 11 is 1.22. The average molecular weight is 287 g/mol. The SMILES string of the molecule is CCNC(C)c1nnc(-c2cc(F)c(F)c(F)c2)s1. The lowest BCUT2D eigenvalue weighted by Gasteiger charge is -2.06. The summed E-state index contributed by atoms with van der Waals surface area (Å²) < 4.78 is 39.1. The molecule has 19 heavy (non-hydrogen) atoms. The van der Waals surface area contributed by atoms with Crippen molar-refractivity contribution in [3.05, 3.63) is 34.6 Å². The summed E-state index contributed by atoms with van der Waals surface area (Å²) in [5, 5.41) is 12.1. The molecule has 1 heterocycles. The largest absolute Gasteiger partial charge is 0.308 e. The Bertz CT molecular complexity index is 562. The first-order valence-corrected chi connectivity index (χ1v) is 6.56. The van der Waals surface area contributed by atoms with Crippen LogP contribution >= 0.6 is 11.3 Å². The maximum Gasteiger partial charge on any atom is 0.194 e. The van der Waals surface area contributed by atoms with Gasteiger partial charge in [-0.3, -0.25) is 0 Å². The van der Waals surface area contributed by atoms with Crippen LogP contribution in [0.2, 0.25) is 0 Å². The minimum atomic E-state index is -1.48. The van der Waals surface area contributed by atoms with Crippen LogP contribution in [0.4, 0.5) is 13.2 Å². The Morgan fingerprint density at radius 1 is 1.21 bits per heavy atom. The number of halogens is 3. The van der Waals surface area contributed by atoms with E-state index < -0.39 is 17.5 Å². The van der Waals surface area contributed by atoms with Gasteiger partial charge in [-0.2, -0.15) is 0 Å². The van der Waals surface area contributed by atoms with Gasteiger partial charge in [-0.05, 0) is 25.6 Å². The van der Waals surface area contributed by atoms with E-state index in [9.17, 15) is 13.2 Å². The molecule has 7 heteroatoms. The van der Waals surface area contributed by atoms with Gasteiger partial charge in [-0.15, -0.1) is 10.2 Å². The molecule has 102 valence electrons. The first kappa shape index (κ1) is 14.0. The third kappa shape index (κ3) is 2.93. The summed E-state index contributed by atoms with van der Waals surface area (Å²) in [5.41, 5.74) is 0.184. The number of nitrogens with zero attached hydrogens (tertiary/aromatic N) is 2. The van der Waals surface area contributed by atoms with E-state index in [0.717, 1.165) is 18.7 Å². The molecule has 2 aromatic rings. The molecule has 0 bridgehead atoms. The van der Waals surface area contributed by atoms with Crippen molar-refractivity contribution in [3.63, 3.8) is 0 Å². The monoisotopic (exact) mass is 287 g/mol. The predicted molar refractivity (Wildman–Crippen MR) is 67.3 cm³/mol. The normalized spacial score (nSPS) is 12.7.